The van der Waals surface area contributed by atoms with E-state index in [9.17, 15) is 9.90 Å². The maximum absolute atomic E-state index is 11.6. The van der Waals surface area contributed by atoms with E-state index in [2.05, 4.69) is 35.0 Å². The van der Waals surface area contributed by atoms with Crippen molar-refractivity contribution >= 4 is 17.3 Å². The smallest absolute Gasteiger partial charge is 0.335 e. The topological polar surface area (TPSA) is 82.6 Å². The van der Waals surface area contributed by atoms with Crippen molar-refractivity contribution in [3.63, 3.8) is 0 Å². The number of piperidine rings is 1. The molecule has 1 saturated heterocycles. The summed E-state index contributed by atoms with van der Waals surface area (Å²) in [5, 5.41) is 19.6. The van der Waals surface area contributed by atoms with Crippen LogP contribution in [0.3, 0.4) is 0 Å². The van der Waals surface area contributed by atoms with Crippen molar-refractivity contribution in [2.24, 2.45) is 0 Å². The van der Waals surface area contributed by atoms with Crippen LogP contribution in [0, 0.1) is 0 Å². The second kappa shape index (κ2) is 10.9. The number of carboxylic acids is 1. The Morgan fingerprint density at radius 3 is 2.53 bits per heavy atom. The van der Waals surface area contributed by atoms with Gasteiger partial charge in [0.2, 0.25) is 0 Å². The average Bonchev–Trinajstić information content (AvgIpc) is 2.76. The van der Waals surface area contributed by atoms with Crippen molar-refractivity contribution in [1.82, 2.24) is 5.32 Å². The van der Waals surface area contributed by atoms with Gasteiger partial charge in [-0.1, -0.05) is 25.5 Å². The third-order valence-corrected chi connectivity index (χ3v) is 5.44. The molecule has 1 aliphatic heterocycles. The van der Waals surface area contributed by atoms with Crippen LogP contribution in [0.25, 0.3) is 0 Å². The molecule has 0 unspecified atom stereocenters. The molecule has 30 heavy (non-hydrogen) atoms. The van der Waals surface area contributed by atoms with E-state index in [1.807, 2.05) is 19.1 Å². The van der Waals surface area contributed by atoms with Crippen molar-refractivity contribution < 1.29 is 14.6 Å². The first kappa shape index (κ1) is 22.0. The number of carboxylic acid groups (broad SMARTS) is 1. The summed E-state index contributed by atoms with van der Waals surface area (Å²) < 4.78 is 6.36. The molecule has 6 heteroatoms. The van der Waals surface area contributed by atoms with E-state index in [1.165, 1.54) is 5.56 Å². The van der Waals surface area contributed by atoms with Crippen LogP contribution in [-0.2, 0) is 0 Å². The SMILES string of the molecule is CCCCNc1cc(C(=O)O)cc(NCC)c1Oc1cccc(C2CCNCC2)c1. The van der Waals surface area contributed by atoms with Gasteiger partial charge in [-0.05, 0) is 75.0 Å². The molecule has 162 valence electrons. The fourth-order valence-corrected chi connectivity index (χ4v) is 3.82. The predicted molar refractivity (Wildman–Crippen MR) is 122 cm³/mol. The summed E-state index contributed by atoms with van der Waals surface area (Å²) in [4.78, 5) is 11.6. The van der Waals surface area contributed by atoms with Gasteiger partial charge in [0.1, 0.15) is 5.75 Å². The molecule has 0 spiro atoms. The van der Waals surface area contributed by atoms with E-state index in [0.29, 0.717) is 29.6 Å². The minimum atomic E-state index is -0.952. The molecule has 4 N–H and O–H groups in total. The Balaban J connectivity index is 1.93. The van der Waals surface area contributed by atoms with Gasteiger partial charge in [0, 0.05) is 13.1 Å². The van der Waals surface area contributed by atoms with Gasteiger partial charge in [-0.3, -0.25) is 0 Å². The molecule has 0 aliphatic carbocycles. The molecule has 1 fully saturated rings. The highest BCUT2D eigenvalue weighted by Gasteiger charge is 2.18. The average molecular weight is 412 g/mol. The van der Waals surface area contributed by atoms with Crippen molar-refractivity contribution in [2.45, 2.75) is 45.4 Å². The molecule has 1 heterocycles. The summed E-state index contributed by atoms with van der Waals surface area (Å²) in [5.41, 5.74) is 2.91. The molecule has 0 bridgehead atoms. The van der Waals surface area contributed by atoms with Crippen LogP contribution >= 0.6 is 0 Å². The number of hydrogen-bond donors (Lipinski definition) is 4. The van der Waals surface area contributed by atoms with Crippen LogP contribution < -0.4 is 20.7 Å². The van der Waals surface area contributed by atoms with E-state index >= 15 is 0 Å². The van der Waals surface area contributed by atoms with E-state index in [0.717, 1.165) is 51.1 Å². The number of nitrogens with one attached hydrogen (secondary N) is 3. The zero-order valence-electron chi connectivity index (χ0n) is 18.0. The molecule has 0 amide bonds. The van der Waals surface area contributed by atoms with Crippen molar-refractivity contribution in [3.8, 4) is 11.5 Å². The van der Waals surface area contributed by atoms with Crippen molar-refractivity contribution in [3.05, 3.63) is 47.5 Å². The van der Waals surface area contributed by atoms with Gasteiger partial charge in [-0.15, -0.1) is 0 Å². The zero-order chi connectivity index (χ0) is 21.3. The number of unbranched alkanes of at least 4 members (excludes halogenated alkanes) is 1. The van der Waals surface area contributed by atoms with Gasteiger partial charge < -0.3 is 25.8 Å². The summed E-state index contributed by atoms with van der Waals surface area (Å²) in [6.07, 6.45) is 4.31. The first-order valence-electron chi connectivity index (χ1n) is 11.0. The number of rotatable bonds is 10. The number of ether oxygens (including phenoxy) is 1. The summed E-state index contributed by atoms with van der Waals surface area (Å²) in [6, 6.07) is 11.6. The standard InChI is InChI=1S/C24H33N3O3/c1-3-5-11-27-22-16-19(24(28)29)15-21(26-4-2)23(22)30-20-8-6-7-18(14-20)17-9-12-25-13-10-17/h6-8,14-17,25-27H,3-5,9-13H2,1-2H3,(H,28,29). The third kappa shape index (κ3) is 5.66. The number of aromatic carboxylic acids is 1. The lowest BCUT2D eigenvalue weighted by Crippen LogP contribution is -2.26. The molecule has 0 aromatic heterocycles. The fraction of sp³-hybridized carbons (Fsp3) is 0.458. The minimum Gasteiger partial charge on any atom is -0.478 e. The van der Waals surface area contributed by atoms with Gasteiger partial charge in [0.15, 0.2) is 5.75 Å². The lowest BCUT2D eigenvalue weighted by molar-refractivity contribution is 0.0697. The molecule has 2 aromatic carbocycles. The largest absolute Gasteiger partial charge is 0.478 e. The number of benzene rings is 2. The van der Waals surface area contributed by atoms with Gasteiger partial charge in [-0.2, -0.15) is 0 Å². The Morgan fingerprint density at radius 1 is 1.13 bits per heavy atom. The second-order valence-corrected chi connectivity index (χ2v) is 7.72. The van der Waals surface area contributed by atoms with Crippen LogP contribution in [0.4, 0.5) is 11.4 Å². The Bertz CT molecular complexity index is 848. The molecular formula is C24H33N3O3. The first-order chi connectivity index (χ1) is 14.6. The molecule has 0 atom stereocenters. The van der Waals surface area contributed by atoms with E-state index in [4.69, 9.17) is 4.74 Å². The maximum atomic E-state index is 11.6. The zero-order valence-corrected chi connectivity index (χ0v) is 18.0. The van der Waals surface area contributed by atoms with E-state index < -0.39 is 5.97 Å². The van der Waals surface area contributed by atoms with E-state index in [-0.39, 0.29) is 5.56 Å². The third-order valence-electron chi connectivity index (χ3n) is 5.44. The Labute approximate surface area is 179 Å². The highest BCUT2D eigenvalue weighted by atomic mass is 16.5. The highest BCUT2D eigenvalue weighted by molar-refractivity contribution is 5.92. The molecule has 6 nitrogen and oxygen atoms in total. The van der Waals surface area contributed by atoms with Crippen LogP contribution in [0.1, 0.15) is 61.4 Å². The molecule has 0 saturated carbocycles. The van der Waals surface area contributed by atoms with Crippen LogP contribution in [0.2, 0.25) is 0 Å². The molecule has 3 rings (SSSR count). The molecule has 2 aromatic rings. The highest BCUT2D eigenvalue weighted by Crippen LogP contribution is 2.39. The first-order valence-corrected chi connectivity index (χ1v) is 11.0. The van der Waals surface area contributed by atoms with Crippen molar-refractivity contribution in [1.29, 1.82) is 0 Å². The summed E-state index contributed by atoms with van der Waals surface area (Å²) in [5.74, 6) is 0.999. The van der Waals surface area contributed by atoms with E-state index in [1.54, 1.807) is 12.1 Å². The monoisotopic (exact) mass is 411 g/mol. The van der Waals surface area contributed by atoms with Crippen LogP contribution in [0.5, 0.6) is 11.5 Å². The number of hydrogen-bond acceptors (Lipinski definition) is 5. The second-order valence-electron chi connectivity index (χ2n) is 7.72. The number of anilines is 2. The van der Waals surface area contributed by atoms with Crippen LogP contribution in [0.15, 0.2) is 36.4 Å². The quantitative estimate of drug-likeness (QED) is 0.398. The van der Waals surface area contributed by atoms with Crippen molar-refractivity contribution in [2.75, 3.05) is 36.8 Å². The summed E-state index contributed by atoms with van der Waals surface area (Å²) in [7, 11) is 0. The Morgan fingerprint density at radius 2 is 1.87 bits per heavy atom. The summed E-state index contributed by atoms with van der Waals surface area (Å²) >= 11 is 0. The molecular weight excluding hydrogens is 378 g/mol. The molecule has 0 radical (unpaired) electrons. The predicted octanol–water partition coefficient (Wildman–Crippen LogP) is 5.29. The Kier molecular flexibility index (Phi) is 7.97. The van der Waals surface area contributed by atoms with Gasteiger partial charge >= 0.3 is 5.97 Å². The lowest BCUT2D eigenvalue weighted by Gasteiger charge is -2.24. The lowest BCUT2D eigenvalue weighted by atomic mass is 9.90. The summed E-state index contributed by atoms with van der Waals surface area (Å²) in [6.45, 7) is 7.63. The van der Waals surface area contributed by atoms with Crippen LogP contribution in [-0.4, -0.2) is 37.3 Å². The van der Waals surface area contributed by atoms with Gasteiger partial charge in [-0.25, -0.2) is 4.79 Å². The minimum absolute atomic E-state index is 0.237. The molecule has 1 aliphatic rings. The Hall–Kier alpha value is -2.73. The number of carbonyl (C=O) groups is 1. The normalized spacial score (nSPS) is 14.3. The van der Waals surface area contributed by atoms with Gasteiger partial charge in [0.25, 0.3) is 0 Å². The fourth-order valence-electron chi connectivity index (χ4n) is 3.82. The van der Waals surface area contributed by atoms with Gasteiger partial charge in [0.05, 0.1) is 16.9 Å². The maximum Gasteiger partial charge on any atom is 0.335 e.